The van der Waals surface area contributed by atoms with Crippen molar-refractivity contribution in [3.8, 4) is 16.8 Å². The molecule has 0 radical (unpaired) electrons. The molecule has 0 spiro atoms. The Morgan fingerprint density at radius 3 is 2.84 bits per heavy atom. The highest BCUT2D eigenvalue weighted by Gasteiger charge is 2.28. The highest BCUT2D eigenvalue weighted by molar-refractivity contribution is 5.95. The number of nitrogens with zero attached hydrogens (tertiary/aromatic N) is 4. The molecule has 6 nitrogen and oxygen atoms in total. The molecule has 2 aromatic carbocycles. The van der Waals surface area contributed by atoms with Gasteiger partial charge in [0, 0.05) is 48.2 Å². The summed E-state index contributed by atoms with van der Waals surface area (Å²) in [5.74, 6) is 0.305. The van der Waals surface area contributed by atoms with Crippen molar-refractivity contribution >= 4 is 5.91 Å². The monoisotopic (exact) mass is 411 g/mol. The van der Waals surface area contributed by atoms with E-state index in [2.05, 4.69) is 46.5 Å². The number of likely N-dealkylation sites (tertiary alicyclic amines) is 1. The fourth-order valence-electron chi connectivity index (χ4n) is 4.48. The fourth-order valence-corrected chi connectivity index (χ4v) is 4.48. The molecule has 0 bridgehead atoms. The minimum Gasteiger partial charge on any atom is -0.338 e. The molecule has 1 aliphatic heterocycles. The third kappa shape index (κ3) is 3.77. The van der Waals surface area contributed by atoms with E-state index in [4.69, 9.17) is 0 Å². The molecule has 1 N–H and O–H groups in total. The number of carbonyl (C=O) groups excluding carboxylic acids is 1. The van der Waals surface area contributed by atoms with E-state index in [1.54, 1.807) is 10.9 Å². The summed E-state index contributed by atoms with van der Waals surface area (Å²) in [6.07, 6.45) is 7.54. The number of aromatic amines is 1. The zero-order valence-corrected chi connectivity index (χ0v) is 17.5. The molecule has 1 amide bonds. The van der Waals surface area contributed by atoms with Crippen LogP contribution in [0.1, 0.15) is 40.4 Å². The Morgan fingerprint density at radius 2 is 2.00 bits per heavy atom. The van der Waals surface area contributed by atoms with Gasteiger partial charge in [-0.15, -0.1) is 0 Å². The van der Waals surface area contributed by atoms with Gasteiger partial charge < -0.3 is 4.90 Å². The minimum atomic E-state index is 0.0654. The molecule has 3 heterocycles. The van der Waals surface area contributed by atoms with Crippen molar-refractivity contribution in [1.29, 1.82) is 0 Å². The Bertz CT molecular complexity index is 1190. The molecule has 1 atom stereocenters. The second-order valence-electron chi connectivity index (χ2n) is 8.10. The number of aryl methyl sites for hydroxylation is 1. The predicted octanol–water partition coefficient (Wildman–Crippen LogP) is 4.59. The van der Waals surface area contributed by atoms with Crippen LogP contribution in [0.4, 0.5) is 0 Å². The van der Waals surface area contributed by atoms with Crippen LogP contribution >= 0.6 is 0 Å². The predicted molar refractivity (Wildman–Crippen MR) is 120 cm³/mol. The van der Waals surface area contributed by atoms with E-state index in [1.165, 1.54) is 11.1 Å². The Balaban J connectivity index is 1.39. The van der Waals surface area contributed by atoms with Gasteiger partial charge in [0.05, 0.1) is 11.9 Å². The topological polar surface area (TPSA) is 66.8 Å². The molecule has 2 aromatic heterocycles. The number of rotatable bonds is 4. The number of nitrogens with one attached hydrogen (secondary N) is 1. The van der Waals surface area contributed by atoms with Crippen molar-refractivity contribution in [2.45, 2.75) is 25.7 Å². The maximum Gasteiger partial charge on any atom is 0.253 e. The smallest absolute Gasteiger partial charge is 0.253 e. The van der Waals surface area contributed by atoms with E-state index in [9.17, 15) is 4.79 Å². The van der Waals surface area contributed by atoms with E-state index >= 15 is 0 Å². The molecular formula is C25H25N5O. The lowest BCUT2D eigenvalue weighted by atomic mass is 9.89. The number of hydrogen-bond acceptors (Lipinski definition) is 3. The first-order chi connectivity index (χ1) is 15.2. The van der Waals surface area contributed by atoms with E-state index in [0.29, 0.717) is 12.1 Å². The molecule has 31 heavy (non-hydrogen) atoms. The molecule has 1 saturated heterocycles. The molecule has 1 unspecified atom stereocenters. The van der Waals surface area contributed by atoms with E-state index in [1.807, 2.05) is 47.6 Å². The first kappa shape index (κ1) is 19.3. The summed E-state index contributed by atoms with van der Waals surface area (Å²) in [5, 5.41) is 11.8. The van der Waals surface area contributed by atoms with Crippen LogP contribution in [0.2, 0.25) is 0 Å². The maximum atomic E-state index is 13.3. The summed E-state index contributed by atoms with van der Waals surface area (Å²) in [7, 11) is 0. The van der Waals surface area contributed by atoms with Gasteiger partial charge in [-0.2, -0.15) is 10.2 Å². The van der Waals surface area contributed by atoms with Gasteiger partial charge in [0.15, 0.2) is 0 Å². The van der Waals surface area contributed by atoms with Gasteiger partial charge in [0.1, 0.15) is 0 Å². The Labute approximate surface area is 181 Å². The molecular weight excluding hydrogens is 386 g/mol. The number of amides is 1. The summed E-state index contributed by atoms with van der Waals surface area (Å²) in [5.41, 5.74) is 6.26. The highest BCUT2D eigenvalue weighted by Crippen LogP contribution is 2.34. The minimum absolute atomic E-state index is 0.0654. The van der Waals surface area contributed by atoms with Gasteiger partial charge >= 0.3 is 0 Å². The molecule has 0 aliphatic carbocycles. The lowest BCUT2D eigenvalue weighted by Crippen LogP contribution is -2.39. The summed E-state index contributed by atoms with van der Waals surface area (Å²) >= 11 is 0. The average Bonchev–Trinajstić information content (AvgIpc) is 3.52. The normalized spacial score (nSPS) is 16.4. The summed E-state index contributed by atoms with van der Waals surface area (Å²) in [6.45, 7) is 3.58. The van der Waals surface area contributed by atoms with Crippen LogP contribution in [0.3, 0.4) is 0 Å². The van der Waals surface area contributed by atoms with Crippen LogP contribution in [-0.4, -0.2) is 43.9 Å². The number of H-pyrrole nitrogens is 1. The quantitative estimate of drug-likeness (QED) is 0.534. The lowest BCUT2D eigenvalue weighted by Gasteiger charge is -2.33. The second kappa shape index (κ2) is 8.22. The SMILES string of the molecule is Cc1ccccc1-c1cn[nH]c1C1CCCN(C(=O)c2cccc(-n3cccn3)c2)C1. The van der Waals surface area contributed by atoms with Crippen LogP contribution in [0.15, 0.2) is 73.2 Å². The molecule has 6 heteroatoms. The van der Waals surface area contributed by atoms with Crippen LogP contribution < -0.4 is 0 Å². The Morgan fingerprint density at radius 1 is 1.10 bits per heavy atom. The number of hydrogen-bond donors (Lipinski definition) is 1. The largest absolute Gasteiger partial charge is 0.338 e. The molecule has 5 rings (SSSR count). The van der Waals surface area contributed by atoms with Crippen molar-refractivity contribution in [2.75, 3.05) is 13.1 Å². The van der Waals surface area contributed by atoms with Crippen molar-refractivity contribution in [1.82, 2.24) is 24.9 Å². The first-order valence-electron chi connectivity index (χ1n) is 10.7. The third-order valence-corrected chi connectivity index (χ3v) is 6.08. The van der Waals surface area contributed by atoms with Gasteiger partial charge in [-0.1, -0.05) is 30.3 Å². The van der Waals surface area contributed by atoms with E-state index in [-0.39, 0.29) is 11.8 Å². The van der Waals surface area contributed by atoms with Crippen molar-refractivity contribution in [3.05, 3.63) is 90.0 Å². The van der Waals surface area contributed by atoms with Gasteiger partial charge in [-0.05, 0) is 55.2 Å². The van der Waals surface area contributed by atoms with Crippen LogP contribution in [0.25, 0.3) is 16.8 Å². The molecule has 4 aromatic rings. The summed E-state index contributed by atoms with van der Waals surface area (Å²) < 4.78 is 1.77. The molecule has 156 valence electrons. The number of piperidine rings is 1. The molecule has 1 aliphatic rings. The average molecular weight is 412 g/mol. The fraction of sp³-hybridized carbons (Fsp3) is 0.240. The van der Waals surface area contributed by atoms with E-state index in [0.717, 1.165) is 36.3 Å². The van der Waals surface area contributed by atoms with Gasteiger partial charge in [-0.25, -0.2) is 4.68 Å². The van der Waals surface area contributed by atoms with Crippen molar-refractivity contribution in [3.63, 3.8) is 0 Å². The number of carbonyl (C=O) groups is 1. The summed E-state index contributed by atoms with van der Waals surface area (Å²) in [6, 6.07) is 17.9. The van der Waals surface area contributed by atoms with Gasteiger partial charge in [0.25, 0.3) is 5.91 Å². The Hall–Kier alpha value is -3.67. The van der Waals surface area contributed by atoms with Crippen LogP contribution in [0.5, 0.6) is 0 Å². The number of benzene rings is 2. The Kier molecular flexibility index (Phi) is 5.12. The summed E-state index contributed by atoms with van der Waals surface area (Å²) in [4.78, 5) is 15.3. The third-order valence-electron chi connectivity index (χ3n) is 6.08. The standard InChI is InChI=1S/C25H25N5O/c1-18-7-2-3-11-22(18)23-16-26-28-24(23)20-9-5-13-29(17-20)25(31)19-8-4-10-21(15-19)30-14-6-12-27-30/h2-4,6-8,10-12,14-16,20H,5,9,13,17H2,1H3,(H,26,28). The second-order valence-corrected chi connectivity index (χ2v) is 8.10. The van der Waals surface area contributed by atoms with Crippen LogP contribution in [0, 0.1) is 6.92 Å². The van der Waals surface area contributed by atoms with Crippen LogP contribution in [-0.2, 0) is 0 Å². The highest BCUT2D eigenvalue weighted by atomic mass is 16.2. The van der Waals surface area contributed by atoms with Gasteiger partial charge in [-0.3, -0.25) is 9.89 Å². The molecule has 0 saturated carbocycles. The van der Waals surface area contributed by atoms with Crippen molar-refractivity contribution in [2.24, 2.45) is 0 Å². The van der Waals surface area contributed by atoms with Gasteiger partial charge in [0.2, 0.25) is 0 Å². The van der Waals surface area contributed by atoms with Crippen molar-refractivity contribution < 1.29 is 4.79 Å². The number of aromatic nitrogens is 4. The lowest BCUT2D eigenvalue weighted by molar-refractivity contribution is 0.0706. The first-order valence-corrected chi connectivity index (χ1v) is 10.7. The maximum absolute atomic E-state index is 13.3. The molecule has 1 fully saturated rings. The zero-order valence-electron chi connectivity index (χ0n) is 17.5. The zero-order chi connectivity index (χ0) is 21.2. The van der Waals surface area contributed by atoms with E-state index < -0.39 is 0 Å².